The molecular weight excluding hydrogens is 508 g/mol. The lowest BCUT2D eigenvalue weighted by atomic mass is 9.90. The lowest BCUT2D eigenvalue weighted by Crippen LogP contribution is -2.35. The monoisotopic (exact) mass is 540 g/mol. The van der Waals surface area contributed by atoms with Crippen LogP contribution in [-0.2, 0) is 29.0 Å². The molecule has 5 nitrogen and oxygen atoms in total. The topological polar surface area (TPSA) is 62.6 Å². The van der Waals surface area contributed by atoms with Gasteiger partial charge in [0.2, 0.25) is 11.8 Å². The molecule has 0 aliphatic carbocycles. The third-order valence-corrected chi connectivity index (χ3v) is 7.63. The van der Waals surface area contributed by atoms with Crippen LogP contribution in [-0.4, -0.2) is 23.3 Å². The highest BCUT2D eigenvalue weighted by Crippen LogP contribution is 2.32. The molecule has 0 radical (unpaired) electrons. The SMILES string of the molecule is O=C(Nc1cccc(-c2cc3c(o2)CCN(C(=O)CCc2ccccc2)C3)c1)C(c1ccccc1)c1ccccc1. The molecule has 0 spiro atoms. The second-order valence-corrected chi connectivity index (χ2v) is 10.4. The van der Waals surface area contributed by atoms with Gasteiger partial charge in [-0.15, -0.1) is 0 Å². The highest BCUT2D eigenvalue weighted by atomic mass is 16.3. The summed E-state index contributed by atoms with van der Waals surface area (Å²) in [6, 6.07) is 39.5. The average Bonchev–Trinajstić information content (AvgIpc) is 3.45. The molecule has 0 atom stereocenters. The highest BCUT2D eigenvalue weighted by Gasteiger charge is 2.25. The number of amides is 2. The maximum absolute atomic E-state index is 13.6. The van der Waals surface area contributed by atoms with Gasteiger partial charge < -0.3 is 14.6 Å². The molecule has 4 aromatic carbocycles. The summed E-state index contributed by atoms with van der Waals surface area (Å²) in [5.41, 5.74) is 5.69. The lowest BCUT2D eigenvalue weighted by Gasteiger charge is -2.26. The van der Waals surface area contributed by atoms with Gasteiger partial charge in [-0.05, 0) is 41.3 Å². The van der Waals surface area contributed by atoms with Crippen molar-refractivity contribution in [1.82, 2.24) is 4.90 Å². The van der Waals surface area contributed by atoms with Crippen LogP contribution in [0.4, 0.5) is 5.69 Å². The molecule has 204 valence electrons. The molecule has 5 aromatic rings. The average molecular weight is 541 g/mol. The Morgan fingerprint density at radius 1 is 0.780 bits per heavy atom. The number of fused-ring (bicyclic) bond motifs is 1. The van der Waals surface area contributed by atoms with E-state index < -0.39 is 5.92 Å². The number of rotatable bonds is 8. The van der Waals surface area contributed by atoms with Crippen molar-refractivity contribution in [3.05, 3.63) is 149 Å². The predicted molar refractivity (Wildman–Crippen MR) is 161 cm³/mol. The van der Waals surface area contributed by atoms with E-state index >= 15 is 0 Å². The van der Waals surface area contributed by atoms with Crippen molar-refractivity contribution in [3.8, 4) is 11.3 Å². The molecule has 41 heavy (non-hydrogen) atoms. The van der Waals surface area contributed by atoms with Crippen molar-refractivity contribution in [3.63, 3.8) is 0 Å². The Morgan fingerprint density at radius 3 is 2.12 bits per heavy atom. The van der Waals surface area contributed by atoms with E-state index in [2.05, 4.69) is 17.4 Å². The molecular formula is C36H32N2O3. The van der Waals surface area contributed by atoms with E-state index in [1.807, 2.05) is 114 Å². The summed E-state index contributed by atoms with van der Waals surface area (Å²) in [7, 11) is 0. The number of hydrogen-bond donors (Lipinski definition) is 1. The van der Waals surface area contributed by atoms with E-state index in [1.54, 1.807) is 0 Å². The minimum atomic E-state index is -0.428. The van der Waals surface area contributed by atoms with Gasteiger partial charge in [0.05, 0.1) is 5.92 Å². The van der Waals surface area contributed by atoms with Crippen molar-refractivity contribution in [1.29, 1.82) is 0 Å². The number of benzene rings is 4. The molecule has 0 saturated carbocycles. The van der Waals surface area contributed by atoms with Crippen LogP contribution < -0.4 is 5.32 Å². The molecule has 0 bridgehead atoms. The molecule has 1 N–H and O–H groups in total. The summed E-state index contributed by atoms with van der Waals surface area (Å²) in [6.45, 7) is 1.21. The number of nitrogens with one attached hydrogen (secondary N) is 1. The first kappa shape index (κ1) is 26.3. The Hall–Kier alpha value is -4.90. The summed E-state index contributed by atoms with van der Waals surface area (Å²) >= 11 is 0. The summed E-state index contributed by atoms with van der Waals surface area (Å²) in [5, 5.41) is 3.13. The second-order valence-electron chi connectivity index (χ2n) is 10.4. The van der Waals surface area contributed by atoms with Crippen LogP contribution >= 0.6 is 0 Å². The van der Waals surface area contributed by atoms with Crippen LogP contribution in [0.25, 0.3) is 11.3 Å². The fourth-order valence-corrected chi connectivity index (χ4v) is 5.49. The van der Waals surface area contributed by atoms with Crippen molar-refractivity contribution in [2.45, 2.75) is 31.7 Å². The van der Waals surface area contributed by atoms with E-state index in [-0.39, 0.29) is 11.8 Å². The van der Waals surface area contributed by atoms with Crippen molar-refractivity contribution in [2.75, 3.05) is 11.9 Å². The summed E-state index contributed by atoms with van der Waals surface area (Å²) in [4.78, 5) is 28.4. The summed E-state index contributed by atoms with van der Waals surface area (Å²) in [6.07, 6.45) is 1.94. The van der Waals surface area contributed by atoms with Crippen LogP contribution in [0.2, 0.25) is 0 Å². The zero-order valence-corrected chi connectivity index (χ0v) is 22.8. The number of nitrogens with zero attached hydrogens (tertiary/aromatic N) is 1. The molecule has 0 saturated heterocycles. The maximum Gasteiger partial charge on any atom is 0.236 e. The first-order valence-corrected chi connectivity index (χ1v) is 14.1. The van der Waals surface area contributed by atoms with Crippen LogP contribution in [0.5, 0.6) is 0 Å². The van der Waals surface area contributed by atoms with Crippen LogP contribution in [0.15, 0.2) is 126 Å². The van der Waals surface area contributed by atoms with Gasteiger partial charge in [0.25, 0.3) is 0 Å². The first-order valence-electron chi connectivity index (χ1n) is 14.1. The van der Waals surface area contributed by atoms with Gasteiger partial charge >= 0.3 is 0 Å². The Bertz CT molecular complexity index is 1590. The van der Waals surface area contributed by atoms with Crippen molar-refractivity contribution in [2.24, 2.45) is 0 Å². The molecule has 6 rings (SSSR count). The van der Waals surface area contributed by atoms with Gasteiger partial charge in [0.1, 0.15) is 11.5 Å². The Morgan fingerprint density at radius 2 is 1.44 bits per heavy atom. The van der Waals surface area contributed by atoms with Crippen molar-refractivity contribution >= 4 is 17.5 Å². The Balaban J connectivity index is 1.15. The molecule has 0 fully saturated rings. The third-order valence-electron chi connectivity index (χ3n) is 7.63. The predicted octanol–water partition coefficient (Wildman–Crippen LogP) is 7.23. The number of anilines is 1. The molecule has 1 aliphatic heterocycles. The fraction of sp³-hybridized carbons (Fsp3) is 0.167. The molecule has 5 heteroatoms. The maximum atomic E-state index is 13.6. The minimum Gasteiger partial charge on any atom is -0.461 e. The normalized spacial score (nSPS) is 12.7. The van der Waals surface area contributed by atoms with Crippen LogP contribution in [0.3, 0.4) is 0 Å². The summed E-state index contributed by atoms with van der Waals surface area (Å²) in [5.74, 6) is 1.31. The number of aryl methyl sites for hydroxylation is 1. The first-order chi connectivity index (χ1) is 20.1. The lowest BCUT2D eigenvalue weighted by molar-refractivity contribution is -0.132. The Labute approximate surface area is 240 Å². The highest BCUT2D eigenvalue weighted by molar-refractivity contribution is 5.98. The van der Waals surface area contributed by atoms with Crippen LogP contribution in [0.1, 0.15) is 40.4 Å². The Kier molecular flexibility index (Phi) is 7.76. The van der Waals surface area contributed by atoms with E-state index in [0.717, 1.165) is 40.2 Å². The van der Waals surface area contributed by atoms with E-state index in [1.165, 1.54) is 5.56 Å². The second kappa shape index (κ2) is 12.1. The van der Waals surface area contributed by atoms with Gasteiger partial charge in [-0.25, -0.2) is 0 Å². The number of carbonyl (C=O) groups excluding carboxylic acids is 2. The standard InChI is InChI=1S/C36H32N2O3/c39-34(20-19-26-11-4-1-5-12-26)38-22-21-32-30(25-38)24-33(41-32)29-17-10-18-31(23-29)37-36(40)35(27-13-6-2-7-14-27)28-15-8-3-9-16-28/h1-18,23-24,35H,19-22,25H2,(H,37,40). The zero-order chi connectivity index (χ0) is 28.0. The fourth-order valence-electron chi connectivity index (χ4n) is 5.49. The summed E-state index contributed by atoms with van der Waals surface area (Å²) < 4.78 is 6.24. The van der Waals surface area contributed by atoms with Gasteiger partial charge in [-0.1, -0.05) is 103 Å². The molecule has 1 aromatic heterocycles. The van der Waals surface area contributed by atoms with Gasteiger partial charge in [-0.2, -0.15) is 0 Å². The smallest absolute Gasteiger partial charge is 0.236 e. The minimum absolute atomic E-state index is 0.0945. The number of carbonyl (C=O) groups is 2. The number of furan rings is 1. The van der Waals surface area contributed by atoms with Gasteiger partial charge in [-0.3, -0.25) is 9.59 Å². The van der Waals surface area contributed by atoms with E-state index in [4.69, 9.17) is 4.42 Å². The van der Waals surface area contributed by atoms with E-state index in [9.17, 15) is 9.59 Å². The van der Waals surface area contributed by atoms with E-state index in [0.29, 0.717) is 31.6 Å². The largest absolute Gasteiger partial charge is 0.461 e. The van der Waals surface area contributed by atoms with Crippen LogP contribution in [0, 0.1) is 0 Å². The molecule has 2 heterocycles. The quantitative estimate of drug-likeness (QED) is 0.226. The van der Waals surface area contributed by atoms with Crippen molar-refractivity contribution < 1.29 is 14.0 Å². The molecule has 0 unspecified atom stereocenters. The number of hydrogen-bond acceptors (Lipinski definition) is 3. The zero-order valence-electron chi connectivity index (χ0n) is 22.8. The van der Waals surface area contributed by atoms with Gasteiger partial charge in [0.15, 0.2) is 0 Å². The molecule has 1 aliphatic rings. The third kappa shape index (κ3) is 6.15. The van der Waals surface area contributed by atoms with Gasteiger partial charge in [0, 0.05) is 42.7 Å². The molecule has 2 amide bonds.